The van der Waals surface area contributed by atoms with Crippen molar-refractivity contribution in [2.24, 2.45) is 0 Å². The maximum Gasteiger partial charge on any atom is 0.312 e. The smallest absolute Gasteiger partial charge is 0.312 e. The van der Waals surface area contributed by atoms with E-state index >= 15 is 0 Å². The van der Waals surface area contributed by atoms with Gasteiger partial charge in [0.05, 0.1) is 24.7 Å². The number of hydrazine groups is 1. The number of nitrogens with zero attached hydrogens (tertiary/aromatic N) is 4. The number of amides is 1. The van der Waals surface area contributed by atoms with Crippen molar-refractivity contribution < 1.29 is 14.5 Å². The van der Waals surface area contributed by atoms with Crippen LogP contribution in [0.1, 0.15) is 33.7 Å². The van der Waals surface area contributed by atoms with Crippen LogP contribution in [-0.4, -0.2) is 70.0 Å². The molecule has 0 atom stereocenters. The normalized spacial score (nSPS) is 14.0. The van der Waals surface area contributed by atoms with Crippen LogP contribution >= 0.6 is 12.2 Å². The minimum absolute atomic E-state index is 0.0303. The summed E-state index contributed by atoms with van der Waals surface area (Å²) < 4.78 is 6.92. The predicted molar refractivity (Wildman–Crippen MR) is 127 cm³/mol. The Bertz CT molecular complexity index is 987. The maximum atomic E-state index is 12.4. The standard InChI is InChI=1S/C21H29N7O4S/c1-15-19(28(30)31)16(2)27(25-15)14-17-4-6-18(7-5-17)20(29)23-24-21(33)22-8-3-9-26-10-12-32-13-11-26/h4-7H,3,8-14H2,1-2H3,(H,23,29)(H2,22,24,33). The van der Waals surface area contributed by atoms with Gasteiger partial charge in [-0.1, -0.05) is 12.1 Å². The highest BCUT2D eigenvalue weighted by molar-refractivity contribution is 7.80. The average molecular weight is 476 g/mol. The summed E-state index contributed by atoms with van der Waals surface area (Å²) in [5.74, 6) is -0.319. The molecule has 0 unspecified atom stereocenters. The lowest BCUT2D eigenvalue weighted by Crippen LogP contribution is -2.47. The van der Waals surface area contributed by atoms with Crippen LogP contribution in [0.5, 0.6) is 0 Å². The molecule has 0 radical (unpaired) electrons. The van der Waals surface area contributed by atoms with Crippen LogP contribution in [0.15, 0.2) is 24.3 Å². The van der Waals surface area contributed by atoms with E-state index in [9.17, 15) is 14.9 Å². The number of nitro groups is 1. The van der Waals surface area contributed by atoms with E-state index in [2.05, 4.69) is 26.2 Å². The van der Waals surface area contributed by atoms with Crippen molar-refractivity contribution in [1.29, 1.82) is 0 Å². The van der Waals surface area contributed by atoms with Crippen LogP contribution in [-0.2, 0) is 11.3 Å². The molecule has 2 heterocycles. The number of aryl methyl sites for hydroxylation is 1. The highest BCUT2D eigenvalue weighted by atomic mass is 32.1. The van der Waals surface area contributed by atoms with Gasteiger partial charge in [-0.15, -0.1) is 0 Å². The molecule has 1 aromatic heterocycles. The van der Waals surface area contributed by atoms with E-state index in [0.29, 0.717) is 35.2 Å². The van der Waals surface area contributed by atoms with Gasteiger partial charge in [0.15, 0.2) is 5.11 Å². The number of hydrogen-bond donors (Lipinski definition) is 3. The molecule has 178 valence electrons. The van der Waals surface area contributed by atoms with Crippen LogP contribution in [0.3, 0.4) is 0 Å². The van der Waals surface area contributed by atoms with E-state index in [1.165, 1.54) is 0 Å². The number of aromatic nitrogens is 2. The zero-order chi connectivity index (χ0) is 23.8. The van der Waals surface area contributed by atoms with E-state index in [4.69, 9.17) is 17.0 Å². The lowest BCUT2D eigenvalue weighted by molar-refractivity contribution is -0.386. The molecule has 33 heavy (non-hydrogen) atoms. The van der Waals surface area contributed by atoms with E-state index in [1.807, 2.05) is 0 Å². The molecule has 1 aliphatic heterocycles. The summed E-state index contributed by atoms with van der Waals surface area (Å²) >= 11 is 5.20. The van der Waals surface area contributed by atoms with Crippen LogP contribution < -0.4 is 16.2 Å². The number of morpholine rings is 1. The summed E-state index contributed by atoms with van der Waals surface area (Å²) in [5, 5.41) is 18.8. The van der Waals surface area contributed by atoms with Gasteiger partial charge >= 0.3 is 5.69 Å². The number of carbonyl (C=O) groups is 1. The second kappa shape index (κ2) is 11.7. The number of thiocarbonyl (C=S) groups is 1. The minimum Gasteiger partial charge on any atom is -0.379 e. The summed E-state index contributed by atoms with van der Waals surface area (Å²) in [4.78, 5) is 25.5. The van der Waals surface area contributed by atoms with Gasteiger partial charge in [-0.3, -0.25) is 35.3 Å². The molecule has 1 aliphatic rings. The van der Waals surface area contributed by atoms with Gasteiger partial charge in [-0.05, 0) is 56.7 Å². The topological polar surface area (TPSA) is 127 Å². The van der Waals surface area contributed by atoms with Crippen LogP contribution in [0, 0.1) is 24.0 Å². The molecule has 3 rings (SSSR count). The first kappa shape index (κ1) is 24.6. The van der Waals surface area contributed by atoms with Crippen molar-refractivity contribution in [2.75, 3.05) is 39.4 Å². The lowest BCUT2D eigenvalue weighted by atomic mass is 10.1. The molecule has 3 N–H and O–H groups in total. The molecule has 12 heteroatoms. The lowest BCUT2D eigenvalue weighted by Gasteiger charge is -2.26. The predicted octanol–water partition coefficient (Wildman–Crippen LogP) is 1.29. The molecular formula is C21H29N7O4S. The van der Waals surface area contributed by atoms with Crippen molar-refractivity contribution in [3.05, 3.63) is 56.9 Å². The number of benzene rings is 1. The van der Waals surface area contributed by atoms with Gasteiger partial charge in [-0.2, -0.15) is 5.10 Å². The Morgan fingerprint density at radius 1 is 1.21 bits per heavy atom. The quantitative estimate of drug-likeness (QED) is 0.224. The molecule has 1 aromatic carbocycles. The third kappa shape index (κ3) is 6.94. The highest BCUT2D eigenvalue weighted by Crippen LogP contribution is 2.22. The molecule has 0 saturated carbocycles. The number of rotatable bonds is 8. The van der Waals surface area contributed by atoms with Crippen molar-refractivity contribution in [2.45, 2.75) is 26.8 Å². The van der Waals surface area contributed by atoms with Crippen molar-refractivity contribution in [3.63, 3.8) is 0 Å². The van der Waals surface area contributed by atoms with Crippen molar-refractivity contribution in [1.82, 2.24) is 30.8 Å². The van der Waals surface area contributed by atoms with Crippen molar-refractivity contribution in [3.8, 4) is 0 Å². The third-order valence-electron chi connectivity index (χ3n) is 5.40. The minimum atomic E-state index is -0.419. The number of nitrogens with one attached hydrogen (secondary N) is 3. The third-order valence-corrected chi connectivity index (χ3v) is 5.65. The molecule has 1 saturated heterocycles. The van der Waals surface area contributed by atoms with Crippen LogP contribution in [0.2, 0.25) is 0 Å². The largest absolute Gasteiger partial charge is 0.379 e. The molecule has 0 spiro atoms. The van der Waals surface area contributed by atoms with Crippen LogP contribution in [0.4, 0.5) is 5.69 Å². The van der Waals surface area contributed by atoms with Gasteiger partial charge in [-0.25, -0.2) is 0 Å². The fraction of sp³-hybridized carbons (Fsp3) is 0.476. The Balaban J connectivity index is 1.41. The summed E-state index contributed by atoms with van der Waals surface area (Å²) in [7, 11) is 0. The Morgan fingerprint density at radius 2 is 1.91 bits per heavy atom. The fourth-order valence-electron chi connectivity index (χ4n) is 3.60. The maximum absolute atomic E-state index is 12.4. The van der Waals surface area contributed by atoms with Gasteiger partial charge < -0.3 is 10.1 Å². The first-order chi connectivity index (χ1) is 15.8. The molecule has 0 aliphatic carbocycles. The summed E-state index contributed by atoms with van der Waals surface area (Å²) in [6.45, 7) is 8.82. The Hall–Kier alpha value is -3.09. The second-order valence-electron chi connectivity index (χ2n) is 7.77. The Labute approximate surface area is 197 Å². The number of carbonyl (C=O) groups excluding carboxylic acids is 1. The molecule has 0 bridgehead atoms. The molecule has 2 aromatic rings. The molecule has 11 nitrogen and oxygen atoms in total. The molecule has 1 amide bonds. The number of ether oxygens (including phenoxy) is 1. The first-order valence-electron chi connectivity index (χ1n) is 10.8. The molecular weight excluding hydrogens is 446 g/mol. The summed E-state index contributed by atoms with van der Waals surface area (Å²) in [6.07, 6.45) is 0.940. The van der Waals surface area contributed by atoms with Crippen LogP contribution in [0.25, 0.3) is 0 Å². The zero-order valence-corrected chi connectivity index (χ0v) is 19.6. The molecule has 1 fully saturated rings. The average Bonchev–Trinajstić information content (AvgIpc) is 3.09. The fourth-order valence-corrected chi connectivity index (χ4v) is 3.75. The Kier molecular flexibility index (Phi) is 8.69. The van der Waals surface area contributed by atoms with E-state index in [-0.39, 0.29) is 11.6 Å². The van der Waals surface area contributed by atoms with Gasteiger partial charge in [0, 0.05) is 25.2 Å². The summed E-state index contributed by atoms with van der Waals surface area (Å²) in [6, 6.07) is 6.95. The summed E-state index contributed by atoms with van der Waals surface area (Å²) in [5.41, 5.74) is 7.53. The van der Waals surface area contributed by atoms with Gasteiger partial charge in [0.25, 0.3) is 5.91 Å². The SMILES string of the molecule is Cc1nn(Cc2ccc(C(=O)NNC(=S)NCCCN3CCOCC3)cc2)c(C)c1[N+](=O)[O-]. The highest BCUT2D eigenvalue weighted by Gasteiger charge is 2.21. The van der Waals surface area contributed by atoms with Gasteiger partial charge in [0.2, 0.25) is 0 Å². The zero-order valence-electron chi connectivity index (χ0n) is 18.8. The number of hydrogen-bond acceptors (Lipinski definition) is 7. The van der Waals surface area contributed by atoms with E-state index < -0.39 is 4.92 Å². The van der Waals surface area contributed by atoms with E-state index in [1.54, 1.807) is 42.8 Å². The van der Waals surface area contributed by atoms with Crippen molar-refractivity contribution >= 4 is 28.9 Å². The monoisotopic (exact) mass is 475 g/mol. The van der Waals surface area contributed by atoms with Gasteiger partial charge in [0.1, 0.15) is 11.4 Å². The second-order valence-corrected chi connectivity index (χ2v) is 8.18. The van der Waals surface area contributed by atoms with E-state index in [0.717, 1.165) is 44.8 Å². The first-order valence-corrected chi connectivity index (χ1v) is 11.2. The Morgan fingerprint density at radius 3 is 2.55 bits per heavy atom.